The van der Waals surface area contributed by atoms with Gasteiger partial charge in [-0.3, -0.25) is 4.79 Å². The van der Waals surface area contributed by atoms with Crippen molar-refractivity contribution in [3.05, 3.63) is 0 Å². The van der Waals surface area contributed by atoms with Gasteiger partial charge in [-0.25, -0.2) is 8.42 Å². The summed E-state index contributed by atoms with van der Waals surface area (Å²) < 4.78 is 24.4. The lowest BCUT2D eigenvalue weighted by Gasteiger charge is -2.33. The summed E-state index contributed by atoms with van der Waals surface area (Å²) in [6.45, 7) is 3.66. The predicted molar refractivity (Wildman–Crippen MR) is 56.1 cm³/mol. The molecule has 0 aliphatic carbocycles. The SMILES string of the molecule is CCCC(C)(C(=O)O)N1CCCS1(=O)=O. The van der Waals surface area contributed by atoms with Gasteiger partial charge in [0, 0.05) is 6.54 Å². The Labute approximate surface area is 90.1 Å². The van der Waals surface area contributed by atoms with Crippen LogP contribution in [-0.4, -0.2) is 41.6 Å². The lowest BCUT2D eigenvalue weighted by Crippen LogP contribution is -2.52. The van der Waals surface area contributed by atoms with Crippen molar-refractivity contribution in [3.8, 4) is 0 Å². The van der Waals surface area contributed by atoms with Gasteiger partial charge in [0.05, 0.1) is 5.75 Å². The zero-order valence-corrected chi connectivity index (χ0v) is 9.88. The Morgan fingerprint density at radius 3 is 2.47 bits per heavy atom. The summed E-state index contributed by atoms with van der Waals surface area (Å²) in [5.74, 6) is -0.991. The van der Waals surface area contributed by atoms with Crippen molar-refractivity contribution in [1.29, 1.82) is 0 Å². The maximum Gasteiger partial charge on any atom is 0.324 e. The quantitative estimate of drug-likeness (QED) is 0.777. The molecule has 88 valence electrons. The van der Waals surface area contributed by atoms with E-state index in [0.717, 1.165) is 4.31 Å². The third kappa shape index (κ3) is 2.15. The second-order valence-corrected chi connectivity index (χ2v) is 6.08. The number of hydrogen-bond acceptors (Lipinski definition) is 3. The molecule has 0 amide bonds. The first-order valence-corrected chi connectivity index (χ1v) is 6.69. The van der Waals surface area contributed by atoms with Gasteiger partial charge in [-0.05, 0) is 19.8 Å². The number of hydrogen-bond donors (Lipinski definition) is 1. The van der Waals surface area contributed by atoms with Crippen LogP contribution in [0.2, 0.25) is 0 Å². The van der Waals surface area contributed by atoms with Gasteiger partial charge >= 0.3 is 5.97 Å². The van der Waals surface area contributed by atoms with Crippen LogP contribution in [0, 0.1) is 0 Å². The van der Waals surface area contributed by atoms with Gasteiger partial charge in [0.25, 0.3) is 0 Å². The Kier molecular flexibility index (Phi) is 3.40. The molecule has 0 radical (unpaired) electrons. The molecule has 1 unspecified atom stereocenters. The molecule has 0 aromatic heterocycles. The Bertz CT molecular complexity index is 351. The molecule has 1 aliphatic rings. The summed E-state index contributed by atoms with van der Waals surface area (Å²) in [5, 5.41) is 9.15. The first-order chi connectivity index (χ1) is 6.84. The maximum atomic E-state index is 11.7. The second-order valence-electron chi connectivity index (χ2n) is 4.07. The lowest BCUT2D eigenvalue weighted by atomic mass is 9.96. The van der Waals surface area contributed by atoms with Crippen LogP contribution in [0.5, 0.6) is 0 Å². The van der Waals surface area contributed by atoms with E-state index in [9.17, 15) is 13.2 Å². The lowest BCUT2D eigenvalue weighted by molar-refractivity contribution is -0.147. The van der Waals surface area contributed by atoms with Crippen LogP contribution in [0.1, 0.15) is 33.1 Å². The van der Waals surface area contributed by atoms with E-state index in [-0.39, 0.29) is 5.75 Å². The van der Waals surface area contributed by atoms with Crippen molar-refractivity contribution in [3.63, 3.8) is 0 Å². The monoisotopic (exact) mass is 235 g/mol. The highest BCUT2D eigenvalue weighted by Crippen LogP contribution is 2.29. The summed E-state index contributed by atoms with van der Waals surface area (Å²) in [6.07, 6.45) is 1.52. The molecule has 0 bridgehead atoms. The van der Waals surface area contributed by atoms with E-state index in [1.807, 2.05) is 6.92 Å². The number of carboxylic acid groups (broad SMARTS) is 1. The van der Waals surface area contributed by atoms with Gasteiger partial charge in [0.1, 0.15) is 5.54 Å². The van der Waals surface area contributed by atoms with Crippen LogP contribution in [0.15, 0.2) is 0 Å². The van der Waals surface area contributed by atoms with Gasteiger partial charge in [0.2, 0.25) is 10.0 Å². The number of rotatable bonds is 4. The van der Waals surface area contributed by atoms with Crippen LogP contribution >= 0.6 is 0 Å². The Morgan fingerprint density at radius 2 is 2.13 bits per heavy atom. The fourth-order valence-electron chi connectivity index (χ4n) is 2.02. The van der Waals surface area contributed by atoms with E-state index < -0.39 is 21.5 Å². The molecule has 1 fully saturated rings. The van der Waals surface area contributed by atoms with E-state index in [1.54, 1.807) is 0 Å². The number of nitrogens with zero attached hydrogens (tertiary/aromatic N) is 1. The molecule has 6 heteroatoms. The van der Waals surface area contributed by atoms with Crippen LogP contribution in [0.25, 0.3) is 0 Å². The summed E-state index contributed by atoms with van der Waals surface area (Å²) in [6, 6.07) is 0. The van der Waals surface area contributed by atoms with Crippen molar-refractivity contribution < 1.29 is 18.3 Å². The molecular formula is C9H17NO4S. The molecular weight excluding hydrogens is 218 g/mol. The topological polar surface area (TPSA) is 74.7 Å². The van der Waals surface area contributed by atoms with E-state index in [1.165, 1.54) is 6.92 Å². The van der Waals surface area contributed by atoms with Crippen LogP contribution < -0.4 is 0 Å². The average molecular weight is 235 g/mol. The summed E-state index contributed by atoms with van der Waals surface area (Å²) in [4.78, 5) is 11.2. The molecule has 5 nitrogen and oxygen atoms in total. The summed E-state index contributed by atoms with van der Waals surface area (Å²) in [7, 11) is -3.36. The number of sulfonamides is 1. The fourth-order valence-corrected chi connectivity index (χ4v) is 3.92. The number of carboxylic acids is 1. The molecule has 1 saturated heterocycles. The van der Waals surface area contributed by atoms with Gasteiger partial charge in [-0.15, -0.1) is 0 Å². The van der Waals surface area contributed by atoms with Crippen molar-refractivity contribution in [2.45, 2.75) is 38.6 Å². The molecule has 1 rings (SSSR count). The minimum absolute atomic E-state index is 0.0690. The van der Waals surface area contributed by atoms with Crippen LogP contribution in [0.4, 0.5) is 0 Å². The first kappa shape index (κ1) is 12.4. The molecule has 0 aromatic rings. The maximum absolute atomic E-state index is 11.7. The van der Waals surface area contributed by atoms with Crippen molar-refractivity contribution in [2.75, 3.05) is 12.3 Å². The third-order valence-corrected chi connectivity index (χ3v) is 4.91. The second kappa shape index (κ2) is 4.09. The van der Waals surface area contributed by atoms with Crippen molar-refractivity contribution in [2.24, 2.45) is 0 Å². The van der Waals surface area contributed by atoms with E-state index in [0.29, 0.717) is 25.8 Å². The molecule has 1 heterocycles. The molecule has 0 spiro atoms. The standard InChI is InChI=1S/C9H17NO4S/c1-3-5-9(2,8(11)12)10-6-4-7-15(10,13)14/h3-7H2,1-2H3,(H,11,12). The molecule has 0 saturated carbocycles. The Balaban J connectivity index is 3.05. The third-order valence-electron chi connectivity index (χ3n) is 2.85. The van der Waals surface area contributed by atoms with E-state index >= 15 is 0 Å². The van der Waals surface area contributed by atoms with Crippen molar-refractivity contribution >= 4 is 16.0 Å². The smallest absolute Gasteiger partial charge is 0.324 e. The largest absolute Gasteiger partial charge is 0.480 e. The van der Waals surface area contributed by atoms with Gasteiger partial charge in [0.15, 0.2) is 0 Å². The molecule has 0 aromatic carbocycles. The minimum atomic E-state index is -3.36. The highest BCUT2D eigenvalue weighted by Gasteiger charge is 2.47. The first-order valence-electron chi connectivity index (χ1n) is 5.08. The summed E-state index contributed by atoms with van der Waals surface area (Å²) >= 11 is 0. The molecule has 15 heavy (non-hydrogen) atoms. The Hall–Kier alpha value is -0.620. The number of aliphatic carboxylic acids is 1. The minimum Gasteiger partial charge on any atom is -0.480 e. The van der Waals surface area contributed by atoms with Crippen LogP contribution in [-0.2, 0) is 14.8 Å². The average Bonchev–Trinajstić information content (AvgIpc) is 2.45. The Morgan fingerprint density at radius 1 is 1.53 bits per heavy atom. The van der Waals surface area contributed by atoms with Crippen LogP contribution in [0.3, 0.4) is 0 Å². The number of carbonyl (C=O) groups is 1. The zero-order chi connectivity index (χ0) is 11.7. The highest BCUT2D eigenvalue weighted by atomic mass is 32.2. The summed E-state index contributed by atoms with van der Waals surface area (Å²) in [5.41, 5.74) is -1.27. The van der Waals surface area contributed by atoms with Gasteiger partial charge in [-0.2, -0.15) is 4.31 Å². The van der Waals surface area contributed by atoms with E-state index in [2.05, 4.69) is 0 Å². The molecule has 1 atom stereocenters. The molecule has 1 N–H and O–H groups in total. The van der Waals surface area contributed by atoms with E-state index in [4.69, 9.17) is 5.11 Å². The van der Waals surface area contributed by atoms with Gasteiger partial charge in [-0.1, -0.05) is 13.3 Å². The normalized spacial score (nSPS) is 24.9. The predicted octanol–water partition coefficient (Wildman–Crippen LogP) is 0.665. The fraction of sp³-hybridized carbons (Fsp3) is 0.889. The van der Waals surface area contributed by atoms with Gasteiger partial charge < -0.3 is 5.11 Å². The zero-order valence-electron chi connectivity index (χ0n) is 9.06. The highest BCUT2D eigenvalue weighted by molar-refractivity contribution is 7.89. The van der Waals surface area contributed by atoms with Crippen molar-refractivity contribution in [1.82, 2.24) is 4.31 Å². The molecule has 1 aliphatic heterocycles.